The van der Waals surface area contributed by atoms with Gasteiger partial charge in [-0.2, -0.15) is 5.10 Å². The summed E-state index contributed by atoms with van der Waals surface area (Å²) in [7, 11) is 0. The number of anilines is 1. The quantitative estimate of drug-likeness (QED) is 0.541. The van der Waals surface area contributed by atoms with Crippen LogP contribution < -0.4 is 10.7 Å². The molecular weight excluding hydrogens is 340 g/mol. The molecule has 1 aromatic heterocycles. The molecule has 2 amide bonds. The van der Waals surface area contributed by atoms with Gasteiger partial charge in [0.1, 0.15) is 5.69 Å². The number of nitrogens with one attached hydrogen (secondary N) is 2. The normalized spacial score (nSPS) is 10.9. The van der Waals surface area contributed by atoms with Crippen LogP contribution in [0.15, 0.2) is 84.1 Å². The number of hydrogen-bond acceptors (Lipinski definition) is 4. The van der Waals surface area contributed by atoms with Crippen molar-refractivity contribution in [3.63, 3.8) is 0 Å². The van der Waals surface area contributed by atoms with E-state index in [4.69, 9.17) is 0 Å². The van der Waals surface area contributed by atoms with Gasteiger partial charge in [0.25, 0.3) is 11.8 Å². The van der Waals surface area contributed by atoms with E-state index in [1.807, 2.05) is 30.3 Å². The molecule has 27 heavy (non-hydrogen) atoms. The first-order valence-electron chi connectivity index (χ1n) is 8.36. The van der Waals surface area contributed by atoms with E-state index >= 15 is 0 Å². The molecule has 0 saturated heterocycles. The molecule has 0 aliphatic heterocycles. The van der Waals surface area contributed by atoms with E-state index in [0.29, 0.717) is 22.7 Å². The van der Waals surface area contributed by atoms with Crippen molar-refractivity contribution in [3.8, 4) is 0 Å². The average molecular weight is 358 g/mol. The minimum atomic E-state index is -0.373. The second kappa shape index (κ2) is 8.53. The summed E-state index contributed by atoms with van der Waals surface area (Å²) in [5.74, 6) is -0.543. The molecule has 1 heterocycles. The van der Waals surface area contributed by atoms with Gasteiger partial charge in [0.2, 0.25) is 0 Å². The molecule has 0 bridgehead atoms. The maximum absolute atomic E-state index is 12.2. The Bertz CT molecular complexity index is 952. The molecular formula is C21H18N4O2. The van der Waals surface area contributed by atoms with Crippen LogP contribution >= 0.6 is 0 Å². The fraction of sp³-hybridized carbons (Fsp3) is 0.0476. The molecule has 2 aromatic carbocycles. The molecule has 0 saturated carbocycles. The van der Waals surface area contributed by atoms with E-state index in [9.17, 15) is 9.59 Å². The number of hydrazone groups is 1. The van der Waals surface area contributed by atoms with E-state index in [1.54, 1.807) is 55.6 Å². The summed E-state index contributed by atoms with van der Waals surface area (Å²) < 4.78 is 0. The number of aromatic nitrogens is 1. The molecule has 134 valence electrons. The van der Waals surface area contributed by atoms with Crippen LogP contribution in [0.25, 0.3) is 0 Å². The zero-order valence-corrected chi connectivity index (χ0v) is 14.7. The molecule has 0 atom stereocenters. The highest BCUT2D eigenvalue weighted by Gasteiger charge is 2.07. The predicted molar refractivity (Wildman–Crippen MR) is 105 cm³/mol. The molecule has 0 radical (unpaired) electrons. The van der Waals surface area contributed by atoms with Gasteiger partial charge in [0.05, 0.1) is 5.71 Å². The summed E-state index contributed by atoms with van der Waals surface area (Å²) in [6.45, 7) is 1.79. The van der Waals surface area contributed by atoms with E-state index in [0.717, 1.165) is 5.56 Å². The lowest BCUT2D eigenvalue weighted by molar-refractivity contribution is 0.0949. The Hall–Kier alpha value is -3.80. The number of benzene rings is 2. The number of hydrogen-bond donors (Lipinski definition) is 2. The lowest BCUT2D eigenvalue weighted by Crippen LogP contribution is -2.20. The van der Waals surface area contributed by atoms with Gasteiger partial charge in [0.15, 0.2) is 0 Å². The fourth-order valence-electron chi connectivity index (χ4n) is 2.34. The predicted octanol–water partition coefficient (Wildman–Crippen LogP) is 3.49. The Labute approximate surface area is 157 Å². The number of carbonyl (C=O) groups is 2. The molecule has 3 aromatic rings. The van der Waals surface area contributed by atoms with Gasteiger partial charge in [0, 0.05) is 17.4 Å². The number of nitrogens with zero attached hydrogens (tertiary/aromatic N) is 2. The van der Waals surface area contributed by atoms with Gasteiger partial charge >= 0.3 is 0 Å². The summed E-state index contributed by atoms with van der Waals surface area (Å²) in [5.41, 5.74) is 5.52. The van der Waals surface area contributed by atoms with E-state index < -0.39 is 0 Å². The number of rotatable bonds is 5. The Morgan fingerprint density at radius 3 is 2.19 bits per heavy atom. The van der Waals surface area contributed by atoms with Crippen molar-refractivity contribution in [2.45, 2.75) is 6.92 Å². The summed E-state index contributed by atoms with van der Waals surface area (Å²) in [4.78, 5) is 28.1. The van der Waals surface area contributed by atoms with Crippen LogP contribution in [0.4, 0.5) is 5.69 Å². The third kappa shape index (κ3) is 4.85. The molecule has 6 heteroatoms. The van der Waals surface area contributed by atoms with Crippen molar-refractivity contribution in [3.05, 3.63) is 95.8 Å². The Morgan fingerprint density at radius 1 is 0.815 bits per heavy atom. The van der Waals surface area contributed by atoms with Gasteiger partial charge in [-0.15, -0.1) is 0 Å². The number of amides is 2. The zero-order valence-electron chi connectivity index (χ0n) is 14.7. The smallest absolute Gasteiger partial charge is 0.289 e. The van der Waals surface area contributed by atoms with E-state index in [1.165, 1.54) is 0 Å². The molecule has 0 aliphatic carbocycles. The maximum Gasteiger partial charge on any atom is 0.289 e. The summed E-state index contributed by atoms with van der Waals surface area (Å²) in [5, 5.41) is 6.94. The van der Waals surface area contributed by atoms with Crippen LogP contribution in [0, 0.1) is 0 Å². The van der Waals surface area contributed by atoms with Crippen molar-refractivity contribution < 1.29 is 9.59 Å². The summed E-state index contributed by atoms with van der Waals surface area (Å²) in [6.07, 6.45) is 1.55. The van der Waals surface area contributed by atoms with Gasteiger partial charge in [-0.1, -0.05) is 36.4 Å². The van der Waals surface area contributed by atoms with Crippen molar-refractivity contribution in [2.24, 2.45) is 5.10 Å². The van der Waals surface area contributed by atoms with Crippen molar-refractivity contribution in [2.75, 3.05) is 5.32 Å². The average Bonchev–Trinajstić information content (AvgIpc) is 2.73. The van der Waals surface area contributed by atoms with Crippen LogP contribution in [0.5, 0.6) is 0 Å². The molecule has 0 unspecified atom stereocenters. The van der Waals surface area contributed by atoms with Crippen LogP contribution in [-0.4, -0.2) is 22.5 Å². The number of carbonyl (C=O) groups excluding carboxylic acids is 2. The Morgan fingerprint density at radius 2 is 1.52 bits per heavy atom. The minimum absolute atomic E-state index is 0.170. The van der Waals surface area contributed by atoms with E-state index in [2.05, 4.69) is 20.8 Å². The largest absolute Gasteiger partial charge is 0.322 e. The SMILES string of the molecule is C/C(=N/NC(=O)c1ccccn1)c1ccc(NC(=O)c2ccccc2)cc1. The highest BCUT2D eigenvalue weighted by Crippen LogP contribution is 2.12. The summed E-state index contributed by atoms with van der Waals surface area (Å²) in [6, 6.07) is 21.3. The molecule has 0 aliphatic rings. The Balaban J connectivity index is 1.62. The van der Waals surface area contributed by atoms with Crippen LogP contribution in [0.1, 0.15) is 33.3 Å². The molecule has 2 N–H and O–H groups in total. The zero-order chi connectivity index (χ0) is 19.1. The first-order chi connectivity index (χ1) is 13.1. The van der Waals surface area contributed by atoms with Crippen LogP contribution in [0.2, 0.25) is 0 Å². The van der Waals surface area contributed by atoms with Gasteiger partial charge < -0.3 is 5.32 Å². The highest BCUT2D eigenvalue weighted by atomic mass is 16.2. The lowest BCUT2D eigenvalue weighted by Gasteiger charge is -2.07. The maximum atomic E-state index is 12.2. The second-order valence-electron chi connectivity index (χ2n) is 5.75. The fourth-order valence-corrected chi connectivity index (χ4v) is 2.34. The second-order valence-corrected chi connectivity index (χ2v) is 5.75. The lowest BCUT2D eigenvalue weighted by atomic mass is 10.1. The molecule has 0 spiro atoms. The topological polar surface area (TPSA) is 83.4 Å². The first kappa shape index (κ1) is 18.0. The summed E-state index contributed by atoms with van der Waals surface area (Å²) >= 11 is 0. The molecule has 0 fully saturated rings. The van der Waals surface area contributed by atoms with Crippen LogP contribution in [0.3, 0.4) is 0 Å². The van der Waals surface area contributed by atoms with Crippen molar-refractivity contribution in [1.82, 2.24) is 10.4 Å². The van der Waals surface area contributed by atoms with Gasteiger partial charge in [-0.25, -0.2) is 5.43 Å². The van der Waals surface area contributed by atoms with Gasteiger partial charge in [-0.3, -0.25) is 14.6 Å². The number of pyridine rings is 1. The third-order valence-electron chi connectivity index (χ3n) is 3.82. The van der Waals surface area contributed by atoms with Crippen molar-refractivity contribution >= 4 is 23.2 Å². The standard InChI is InChI=1S/C21H18N4O2/c1-15(24-25-21(27)19-9-5-6-14-22-19)16-10-12-18(13-11-16)23-20(26)17-7-3-2-4-8-17/h2-14H,1H3,(H,23,26)(H,25,27)/b24-15-. The van der Waals surface area contributed by atoms with Gasteiger partial charge in [-0.05, 0) is 48.9 Å². The van der Waals surface area contributed by atoms with Crippen molar-refractivity contribution in [1.29, 1.82) is 0 Å². The third-order valence-corrected chi connectivity index (χ3v) is 3.82. The molecule has 3 rings (SSSR count). The van der Waals surface area contributed by atoms with Crippen LogP contribution in [-0.2, 0) is 0 Å². The Kier molecular flexibility index (Phi) is 5.69. The molecule has 6 nitrogen and oxygen atoms in total. The van der Waals surface area contributed by atoms with E-state index in [-0.39, 0.29) is 11.8 Å². The highest BCUT2D eigenvalue weighted by molar-refractivity contribution is 6.05. The monoisotopic (exact) mass is 358 g/mol. The first-order valence-corrected chi connectivity index (χ1v) is 8.36. The minimum Gasteiger partial charge on any atom is -0.322 e.